The highest BCUT2D eigenvalue weighted by Crippen LogP contribution is 2.31. The van der Waals surface area contributed by atoms with Crippen LogP contribution in [0.25, 0.3) is 22.3 Å². The molecule has 0 fully saturated rings. The number of anilines is 2. The number of hydrogen-bond acceptors (Lipinski definition) is 7. The molecule has 32 heavy (non-hydrogen) atoms. The van der Waals surface area contributed by atoms with Crippen LogP contribution in [0.1, 0.15) is 17.2 Å². The van der Waals surface area contributed by atoms with E-state index in [0.717, 1.165) is 12.3 Å². The minimum atomic E-state index is -4.47. The number of halogens is 4. The van der Waals surface area contributed by atoms with E-state index >= 15 is 0 Å². The van der Waals surface area contributed by atoms with Crippen molar-refractivity contribution >= 4 is 34.1 Å². The highest BCUT2D eigenvalue weighted by Gasteiger charge is 2.30. The Bertz CT molecular complexity index is 1270. The van der Waals surface area contributed by atoms with Gasteiger partial charge in [-0.25, -0.2) is 15.0 Å². The van der Waals surface area contributed by atoms with Crippen molar-refractivity contribution in [3.05, 3.63) is 71.1 Å². The van der Waals surface area contributed by atoms with Gasteiger partial charge in [-0.05, 0) is 36.4 Å². The number of rotatable bonds is 5. The third-order valence-electron chi connectivity index (χ3n) is 4.62. The second-order valence-electron chi connectivity index (χ2n) is 6.78. The highest BCUT2D eigenvalue weighted by molar-refractivity contribution is 6.33. The topological polar surface area (TPSA) is 104 Å². The molecular weight excluding hydrogens is 447 g/mol. The van der Waals surface area contributed by atoms with E-state index in [1.165, 1.54) is 24.5 Å². The lowest BCUT2D eigenvalue weighted by molar-refractivity contribution is -0.137. The van der Waals surface area contributed by atoms with Crippen LogP contribution in [0.2, 0.25) is 5.02 Å². The molecule has 4 aromatic heterocycles. The summed E-state index contributed by atoms with van der Waals surface area (Å²) in [6.45, 7) is -0.456. The summed E-state index contributed by atoms with van der Waals surface area (Å²) in [5.41, 5.74) is 0.934. The summed E-state index contributed by atoms with van der Waals surface area (Å²) < 4.78 is 38.2. The molecule has 3 N–H and O–H groups in total. The smallest absolute Gasteiger partial charge is 0.393 e. The molecular formula is C21H15ClF3N5O2. The van der Waals surface area contributed by atoms with Gasteiger partial charge in [0.1, 0.15) is 23.4 Å². The summed E-state index contributed by atoms with van der Waals surface area (Å²) in [4.78, 5) is 16.8. The first-order valence-corrected chi connectivity index (χ1v) is 9.65. The molecule has 1 atom stereocenters. The largest absolute Gasteiger partial charge is 0.417 e. The first-order valence-electron chi connectivity index (χ1n) is 9.27. The van der Waals surface area contributed by atoms with E-state index in [-0.39, 0.29) is 10.8 Å². The molecule has 1 unspecified atom stereocenters. The SMILES string of the molecule is OCC(O)c1cnc(-c2ccc3c(Nc4ccc(C(F)(F)F)cn4)nccc3n2)c(Cl)c1. The Morgan fingerprint density at radius 2 is 1.84 bits per heavy atom. The van der Waals surface area contributed by atoms with Crippen LogP contribution in [-0.4, -0.2) is 36.8 Å². The second-order valence-corrected chi connectivity index (χ2v) is 7.18. The van der Waals surface area contributed by atoms with Gasteiger partial charge < -0.3 is 15.5 Å². The van der Waals surface area contributed by atoms with Crippen LogP contribution in [0.15, 0.2) is 55.0 Å². The second kappa shape index (κ2) is 8.65. The van der Waals surface area contributed by atoms with Crippen molar-refractivity contribution in [2.75, 3.05) is 11.9 Å². The Kier molecular flexibility index (Phi) is 5.92. The standard InChI is InChI=1S/C21H15ClF3N5O2/c22-14-7-11(17(32)10-31)8-28-19(14)16-3-2-13-15(29-16)5-6-26-20(13)30-18-4-1-12(9-27-18)21(23,24)25/h1-9,17,31-32H,10H2,(H,26,27,30). The molecule has 11 heteroatoms. The van der Waals surface area contributed by atoms with E-state index in [0.29, 0.717) is 33.7 Å². The number of alkyl halides is 3. The van der Waals surface area contributed by atoms with Crippen LogP contribution in [0, 0.1) is 0 Å². The zero-order valence-corrected chi connectivity index (χ0v) is 16.9. The molecule has 0 amide bonds. The lowest BCUT2D eigenvalue weighted by Crippen LogP contribution is -2.06. The number of aliphatic hydroxyl groups is 2. The Labute approximate surface area is 184 Å². The molecule has 164 valence electrons. The molecule has 4 heterocycles. The first kappa shape index (κ1) is 21.9. The summed E-state index contributed by atoms with van der Waals surface area (Å²) >= 11 is 6.29. The number of aliphatic hydroxyl groups excluding tert-OH is 2. The molecule has 4 aromatic rings. The number of aromatic nitrogens is 4. The summed E-state index contributed by atoms with van der Waals surface area (Å²) in [5, 5.41) is 22.6. The van der Waals surface area contributed by atoms with Crippen LogP contribution in [0.4, 0.5) is 24.8 Å². The van der Waals surface area contributed by atoms with Gasteiger partial charge in [-0.3, -0.25) is 4.98 Å². The average Bonchev–Trinajstić information content (AvgIpc) is 2.78. The molecule has 0 radical (unpaired) electrons. The van der Waals surface area contributed by atoms with Crippen molar-refractivity contribution in [2.24, 2.45) is 0 Å². The van der Waals surface area contributed by atoms with E-state index in [2.05, 4.69) is 25.3 Å². The van der Waals surface area contributed by atoms with Crippen molar-refractivity contribution in [3.63, 3.8) is 0 Å². The van der Waals surface area contributed by atoms with Gasteiger partial charge in [0.2, 0.25) is 0 Å². The molecule has 0 saturated carbocycles. The van der Waals surface area contributed by atoms with E-state index < -0.39 is 24.5 Å². The van der Waals surface area contributed by atoms with Gasteiger partial charge in [0.15, 0.2) is 0 Å². The summed E-state index contributed by atoms with van der Waals surface area (Å²) in [6, 6.07) is 8.73. The Morgan fingerprint density at radius 1 is 1.03 bits per heavy atom. The number of fused-ring (bicyclic) bond motifs is 1. The van der Waals surface area contributed by atoms with E-state index in [1.807, 2.05) is 0 Å². The molecule has 0 aliphatic carbocycles. The molecule has 0 saturated heterocycles. The first-order chi connectivity index (χ1) is 15.3. The monoisotopic (exact) mass is 461 g/mol. The predicted octanol–water partition coefficient (Wildman–Crippen LogP) is 4.53. The summed E-state index contributed by atoms with van der Waals surface area (Å²) in [7, 11) is 0. The fourth-order valence-electron chi connectivity index (χ4n) is 2.97. The van der Waals surface area contributed by atoms with Gasteiger partial charge in [-0.2, -0.15) is 13.2 Å². The lowest BCUT2D eigenvalue weighted by Gasteiger charge is -2.11. The molecule has 0 aliphatic heterocycles. The molecule has 0 aliphatic rings. The van der Waals surface area contributed by atoms with Gasteiger partial charge in [0.05, 0.1) is 28.4 Å². The summed E-state index contributed by atoms with van der Waals surface area (Å²) in [6.07, 6.45) is -1.90. The van der Waals surface area contributed by atoms with Crippen molar-refractivity contribution < 1.29 is 23.4 Å². The van der Waals surface area contributed by atoms with Crippen LogP contribution >= 0.6 is 11.6 Å². The Morgan fingerprint density at radius 3 is 2.50 bits per heavy atom. The zero-order chi connectivity index (χ0) is 22.9. The number of pyridine rings is 4. The molecule has 7 nitrogen and oxygen atoms in total. The maximum Gasteiger partial charge on any atom is 0.417 e. The zero-order valence-electron chi connectivity index (χ0n) is 16.2. The van der Waals surface area contributed by atoms with Crippen molar-refractivity contribution in [3.8, 4) is 11.4 Å². The Hall–Kier alpha value is -3.34. The maximum absolute atomic E-state index is 12.7. The minimum Gasteiger partial charge on any atom is -0.393 e. The normalized spacial score (nSPS) is 12.7. The highest BCUT2D eigenvalue weighted by atomic mass is 35.5. The molecule has 0 aromatic carbocycles. The van der Waals surface area contributed by atoms with Gasteiger partial charge in [0.25, 0.3) is 0 Å². The lowest BCUT2D eigenvalue weighted by atomic mass is 10.1. The van der Waals surface area contributed by atoms with Gasteiger partial charge in [-0.15, -0.1) is 0 Å². The van der Waals surface area contributed by atoms with Crippen LogP contribution in [0.3, 0.4) is 0 Å². The average molecular weight is 462 g/mol. The van der Waals surface area contributed by atoms with Crippen LogP contribution in [-0.2, 0) is 6.18 Å². The van der Waals surface area contributed by atoms with Gasteiger partial charge >= 0.3 is 6.18 Å². The number of nitrogens with one attached hydrogen (secondary N) is 1. The van der Waals surface area contributed by atoms with E-state index in [9.17, 15) is 18.3 Å². The van der Waals surface area contributed by atoms with Crippen LogP contribution in [0.5, 0.6) is 0 Å². The van der Waals surface area contributed by atoms with E-state index in [1.54, 1.807) is 18.2 Å². The number of hydrogen-bond donors (Lipinski definition) is 3. The van der Waals surface area contributed by atoms with E-state index in [4.69, 9.17) is 16.7 Å². The Balaban J connectivity index is 1.64. The third-order valence-corrected chi connectivity index (χ3v) is 4.90. The quantitative estimate of drug-likeness (QED) is 0.401. The third kappa shape index (κ3) is 4.47. The molecule has 0 bridgehead atoms. The van der Waals surface area contributed by atoms with Gasteiger partial charge in [-0.1, -0.05) is 11.6 Å². The minimum absolute atomic E-state index is 0.199. The van der Waals surface area contributed by atoms with Crippen LogP contribution < -0.4 is 5.32 Å². The predicted molar refractivity (Wildman–Crippen MR) is 112 cm³/mol. The van der Waals surface area contributed by atoms with Gasteiger partial charge in [0, 0.05) is 29.5 Å². The summed E-state index contributed by atoms with van der Waals surface area (Å²) in [5.74, 6) is 0.569. The fourth-order valence-corrected chi connectivity index (χ4v) is 3.24. The molecule has 4 rings (SSSR count). The fraction of sp³-hybridized carbons (Fsp3) is 0.143. The molecule has 0 spiro atoms. The van der Waals surface area contributed by atoms with Crippen molar-refractivity contribution in [2.45, 2.75) is 12.3 Å². The van der Waals surface area contributed by atoms with Crippen molar-refractivity contribution in [1.29, 1.82) is 0 Å². The van der Waals surface area contributed by atoms with Crippen molar-refractivity contribution in [1.82, 2.24) is 19.9 Å². The number of nitrogens with zero attached hydrogens (tertiary/aromatic N) is 4. The maximum atomic E-state index is 12.7.